The highest BCUT2D eigenvalue weighted by Crippen LogP contribution is 2.14. The van der Waals surface area contributed by atoms with Crippen LogP contribution < -0.4 is 10.1 Å². The number of pyridine rings is 1. The number of carbonyl (C=O) groups excluding carboxylic acids is 1. The van der Waals surface area contributed by atoms with E-state index >= 15 is 0 Å². The molecule has 98 valence electrons. The summed E-state index contributed by atoms with van der Waals surface area (Å²) in [7, 11) is 0. The van der Waals surface area contributed by atoms with Gasteiger partial charge in [0.2, 0.25) is 0 Å². The van der Waals surface area contributed by atoms with Gasteiger partial charge in [0, 0.05) is 11.8 Å². The third-order valence-corrected chi connectivity index (χ3v) is 2.67. The van der Waals surface area contributed by atoms with Crippen molar-refractivity contribution in [1.29, 1.82) is 0 Å². The lowest BCUT2D eigenvalue weighted by atomic mass is 10.2. The number of anilines is 1. The molecule has 19 heavy (non-hydrogen) atoms. The first-order valence-electron chi connectivity index (χ1n) is 6.16. The van der Waals surface area contributed by atoms with Crippen LogP contribution in [0.2, 0.25) is 0 Å². The summed E-state index contributed by atoms with van der Waals surface area (Å²) in [5.74, 6) is 1.17. The second-order valence-corrected chi connectivity index (χ2v) is 4.08. The standard InChI is InChI=1S/C15H16N2O2/c1-3-19-13-8-6-12(7-9-13)15(18)17-14-11(2)5-4-10-16-14/h4-10H,3H2,1-2H3,(H,16,17,18). The number of ether oxygens (including phenoxy) is 1. The first-order chi connectivity index (χ1) is 9.20. The van der Waals surface area contributed by atoms with Crippen molar-refractivity contribution in [3.8, 4) is 5.75 Å². The van der Waals surface area contributed by atoms with Crippen LogP contribution >= 0.6 is 0 Å². The Kier molecular flexibility index (Phi) is 4.13. The molecule has 0 aliphatic heterocycles. The van der Waals surface area contributed by atoms with E-state index in [0.29, 0.717) is 18.0 Å². The topological polar surface area (TPSA) is 51.2 Å². The summed E-state index contributed by atoms with van der Waals surface area (Å²) in [6, 6.07) is 10.8. The molecule has 0 radical (unpaired) electrons. The lowest BCUT2D eigenvalue weighted by molar-refractivity contribution is 0.102. The normalized spacial score (nSPS) is 10.0. The molecule has 4 heteroatoms. The van der Waals surface area contributed by atoms with Crippen LogP contribution in [0.25, 0.3) is 0 Å². The van der Waals surface area contributed by atoms with Gasteiger partial charge in [-0.1, -0.05) is 6.07 Å². The second-order valence-electron chi connectivity index (χ2n) is 4.08. The summed E-state index contributed by atoms with van der Waals surface area (Å²) in [5.41, 5.74) is 1.51. The van der Waals surface area contributed by atoms with Crippen molar-refractivity contribution >= 4 is 11.7 Å². The zero-order valence-corrected chi connectivity index (χ0v) is 11.0. The SMILES string of the molecule is CCOc1ccc(C(=O)Nc2ncccc2C)cc1. The van der Waals surface area contributed by atoms with E-state index in [1.165, 1.54) is 0 Å². The molecule has 0 bridgehead atoms. The van der Waals surface area contributed by atoms with Gasteiger partial charge < -0.3 is 10.1 Å². The van der Waals surface area contributed by atoms with Crippen molar-refractivity contribution in [3.63, 3.8) is 0 Å². The van der Waals surface area contributed by atoms with Crippen molar-refractivity contribution in [2.45, 2.75) is 13.8 Å². The fourth-order valence-electron chi connectivity index (χ4n) is 1.67. The number of carbonyl (C=O) groups is 1. The van der Waals surface area contributed by atoms with E-state index in [9.17, 15) is 4.79 Å². The second kappa shape index (κ2) is 6.00. The van der Waals surface area contributed by atoms with Crippen LogP contribution in [-0.2, 0) is 0 Å². The van der Waals surface area contributed by atoms with E-state index in [1.54, 1.807) is 30.5 Å². The number of amides is 1. The first kappa shape index (κ1) is 13.1. The van der Waals surface area contributed by atoms with Gasteiger partial charge in [-0.2, -0.15) is 0 Å². The fraction of sp³-hybridized carbons (Fsp3) is 0.200. The molecule has 0 aliphatic carbocycles. The number of hydrogen-bond donors (Lipinski definition) is 1. The molecule has 0 atom stereocenters. The zero-order valence-electron chi connectivity index (χ0n) is 11.0. The third-order valence-electron chi connectivity index (χ3n) is 2.67. The van der Waals surface area contributed by atoms with Crippen molar-refractivity contribution in [2.75, 3.05) is 11.9 Å². The van der Waals surface area contributed by atoms with Crippen LogP contribution in [0, 0.1) is 6.92 Å². The van der Waals surface area contributed by atoms with E-state index in [2.05, 4.69) is 10.3 Å². The highest BCUT2D eigenvalue weighted by Gasteiger charge is 2.08. The van der Waals surface area contributed by atoms with Crippen LogP contribution in [0.15, 0.2) is 42.6 Å². The fourth-order valence-corrected chi connectivity index (χ4v) is 1.67. The summed E-state index contributed by atoms with van der Waals surface area (Å²) in [4.78, 5) is 16.2. The van der Waals surface area contributed by atoms with E-state index in [4.69, 9.17) is 4.74 Å². The predicted molar refractivity (Wildman–Crippen MR) is 74.5 cm³/mol. The lowest BCUT2D eigenvalue weighted by Crippen LogP contribution is -2.13. The molecule has 0 saturated heterocycles. The minimum atomic E-state index is -0.176. The van der Waals surface area contributed by atoms with Gasteiger partial charge in [0.15, 0.2) is 0 Å². The third kappa shape index (κ3) is 3.31. The Morgan fingerprint density at radius 2 is 2.00 bits per heavy atom. The monoisotopic (exact) mass is 256 g/mol. The Morgan fingerprint density at radius 1 is 1.26 bits per heavy atom. The molecule has 1 aromatic carbocycles. The Hall–Kier alpha value is -2.36. The molecule has 1 amide bonds. The van der Waals surface area contributed by atoms with Crippen molar-refractivity contribution in [1.82, 2.24) is 4.98 Å². The van der Waals surface area contributed by atoms with Gasteiger partial charge in [-0.05, 0) is 49.7 Å². The van der Waals surface area contributed by atoms with Gasteiger partial charge in [-0.25, -0.2) is 4.98 Å². The molecule has 0 spiro atoms. The predicted octanol–water partition coefficient (Wildman–Crippen LogP) is 3.04. The number of nitrogens with one attached hydrogen (secondary N) is 1. The molecule has 0 saturated carbocycles. The lowest BCUT2D eigenvalue weighted by Gasteiger charge is -2.07. The zero-order chi connectivity index (χ0) is 13.7. The number of hydrogen-bond acceptors (Lipinski definition) is 3. The number of aryl methyl sites for hydroxylation is 1. The quantitative estimate of drug-likeness (QED) is 0.914. The summed E-state index contributed by atoms with van der Waals surface area (Å²) in [5, 5.41) is 2.79. The Labute approximate surface area is 112 Å². The van der Waals surface area contributed by atoms with E-state index in [1.807, 2.05) is 26.0 Å². The molecule has 1 aromatic heterocycles. The number of benzene rings is 1. The molecule has 1 N–H and O–H groups in total. The van der Waals surface area contributed by atoms with Crippen LogP contribution in [0.5, 0.6) is 5.75 Å². The van der Waals surface area contributed by atoms with Gasteiger partial charge in [0.05, 0.1) is 6.61 Å². The molecular formula is C15H16N2O2. The van der Waals surface area contributed by atoms with E-state index in [-0.39, 0.29) is 5.91 Å². The Balaban J connectivity index is 2.10. The van der Waals surface area contributed by atoms with E-state index in [0.717, 1.165) is 11.3 Å². The van der Waals surface area contributed by atoms with Crippen molar-refractivity contribution in [3.05, 3.63) is 53.7 Å². The summed E-state index contributed by atoms with van der Waals surface area (Å²) in [6.45, 7) is 4.43. The molecule has 1 heterocycles. The van der Waals surface area contributed by atoms with Crippen molar-refractivity contribution < 1.29 is 9.53 Å². The van der Waals surface area contributed by atoms with Crippen LogP contribution in [0.1, 0.15) is 22.8 Å². The molecular weight excluding hydrogens is 240 g/mol. The van der Waals surface area contributed by atoms with Gasteiger partial charge in [0.25, 0.3) is 5.91 Å². The van der Waals surface area contributed by atoms with Crippen LogP contribution in [0.4, 0.5) is 5.82 Å². The minimum absolute atomic E-state index is 0.176. The number of nitrogens with zero attached hydrogens (tertiary/aromatic N) is 1. The average molecular weight is 256 g/mol. The summed E-state index contributed by atoms with van der Waals surface area (Å²) >= 11 is 0. The highest BCUT2D eigenvalue weighted by molar-refractivity contribution is 6.04. The smallest absolute Gasteiger partial charge is 0.256 e. The number of aromatic nitrogens is 1. The van der Waals surface area contributed by atoms with Gasteiger partial charge in [0.1, 0.15) is 11.6 Å². The summed E-state index contributed by atoms with van der Waals surface area (Å²) < 4.78 is 5.33. The van der Waals surface area contributed by atoms with Crippen LogP contribution in [-0.4, -0.2) is 17.5 Å². The van der Waals surface area contributed by atoms with Gasteiger partial charge in [-0.15, -0.1) is 0 Å². The van der Waals surface area contributed by atoms with Gasteiger partial charge in [-0.3, -0.25) is 4.79 Å². The first-order valence-corrected chi connectivity index (χ1v) is 6.16. The minimum Gasteiger partial charge on any atom is -0.494 e. The average Bonchev–Trinajstić information content (AvgIpc) is 2.42. The number of rotatable bonds is 4. The van der Waals surface area contributed by atoms with Crippen molar-refractivity contribution in [2.24, 2.45) is 0 Å². The molecule has 2 aromatic rings. The van der Waals surface area contributed by atoms with Crippen LogP contribution in [0.3, 0.4) is 0 Å². The maximum absolute atomic E-state index is 12.0. The maximum atomic E-state index is 12.0. The molecule has 4 nitrogen and oxygen atoms in total. The van der Waals surface area contributed by atoms with E-state index < -0.39 is 0 Å². The largest absolute Gasteiger partial charge is 0.494 e. The molecule has 0 aliphatic rings. The molecule has 0 fully saturated rings. The Morgan fingerprint density at radius 3 is 2.63 bits per heavy atom. The Bertz CT molecular complexity index is 565. The summed E-state index contributed by atoms with van der Waals surface area (Å²) in [6.07, 6.45) is 1.65. The van der Waals surface area contributed by atoms with Gasteiger partial charge >= 0.3 is 0 Å². The highest BCUT2D eigenvalue weighted by atomic mass is 16.5. The molecule has 0 unspecified atom stereocenters. The molecule has 2 rings (SSSR count). The maximum Gasteiger partial charge on any atom is 0.256 e.